The molecule has 12 nitrogen and oxygen atoms in total. The molecule has 208 valence electrons. The summed E-state index contributed by atoms with van der Waals surface area (Å²) in [5, 5.41) is 8.38. The number of aromatic nitrogens is 4. The first kappa shape index (κ1) is 25.8. The van der Waals surface area contributed by atoms with Gasteiger partial charge >= 0.3 is 0 Å². The van der Waals surface area contributed by atoms with Gasteiger partial charge in [0.1, 0.15) is 17.7 Å². The summed E-state index contributed by atoms with van der Waals surface area (Å²) in [5.74, 6) is 7.96. The van der Waals surface area contributed by atoms with Crippen molar-refractivity contribution in [1.29, 1.82) is 0 Å². The fraction of sp³-hybridized carbons (Fsp3) is 0.357. The van der Waals surface area contributed by atoms with Crippen LogP contribution in [0.5, 0.6) is 0 Å². The standard InChI is InChI=1S/C28H34N10O2/c1-18(39)35-8-10-36(11-9-35)28-22-14-20(3-2-19(22)4-7-32-28)24-15-23(26-27(30)33-17-34-38(24)26)25(16-29)37(31)21-5-12-40-13-6-21/h2-4,7,14-17,21H,5-6,8-13,29,31H2,1H3,(H2,30,33,34)/b25-16-. The van der Waals surface area contributed by atoms with Crippen molar-refractivity contribution in [3.63, 3.8) is 0 Å². The third-order valence-corrected chi connectivity index (χ3v) is 7.94. The lowest BCUT2D eigenvalue weighted by Gasteiger charge is -2.35. The van der Waals surface area contributed by atoms with Crippen molar-refractivity contribution in [3.05, 3.63) is 54.6 Å². The summed E-state index contributed by atoms with van der Waals surface area (Å²) in [5.41, 5.74) is 16.4. The summed E-state index contributed by atoms with van der Waals surface area (Å²) in [7, 11) is 0. The van der Waals surface area contributed by atoms with Crippen LogP contribution >= 0.6 is 0 Å². The van der Waals surface area contributed by atoms with Gasteiger partial charge in [0.05, 0.1) is 11.4 Å². The first-order chi connectivity index (χ1) is 19.5. The lowest BCUT2D eigenvalue weighted by atomic mass is 10.0. The highest BCUT2D eigenvalue weighted by Crippen LogP contribution is 2.36. The van der Waals surface area contributed by atoms with Crippen molar-refractivity contribution in [3.8, 4) is 11.3 Å². The second-order valence-electron chi connectivity index (χ2n) is 10.2. The highest BCUT2D eigenvalue weighted by Gasteiger charge is 2.26. The van der Waals surface area contributed by atoms with E-state index in [0.29, 0.717) is 43.3 Å². The highest BCUT2D eigenvalue weighted by molar-refractivity contribution is 5.96. The number of carbonyl (C=O) groups is 1. The third-order valence-electron chi connectivity index (χ3n) is 7.94. The van der Waals surface area contributed by atoms with E-state index >= 15 is 0 Å². The van der Waals surface area contributed by atoms with Crippen molar-refractivity contribution >= 4 is 39.5 Å². The number of pyridine rings is 1. The Morgan fingerprint density at radius 3 is 2.60 bits per heavy atom. The number of nitrogen functional groups attached to an aromatic ring is 1. The second kappa shape index (κ2) is 10.6. The molecule has 0 radical (unpaired) electrons. The zero-order chi connectivity index (χ0) is 27.8. The predicted octanol–water partition coefficient (Wildman–Crippen LogP) is 1.81. The lowest BCUT2D eigenvalue weighted by molar-refractivity contribution is -0.129. The van der Waals surface area contributed by atoms with Crippen LogP contribution < -0.4 is 22.2 Å². The summed E-state index contributed by atoms with van der Waals surface area (Å²) >= 11 is 0. The molecule has 1 amide bonds. The molecule has 12 heteroatoms. The number of fused-ring (bicyclic) bond motifs is 2. The number of ether oxygens (including phenoxy) is 1. The molecule has 6 N–H and O–H groups in total. The van der Waals surface area contributed by atoms with E-state index in [-0.39, 0.29) is 11.9 Å². The van der Waals surface area contributed by atoms with E-state index in [9.17, 15) is 4.79 Å². The molecule has 6 rings (SSSR count). The van der Waals surface area contributed by atoms with Crippen LogP contribution in [0.1, 0.15) is 25.3 Å². The monoisotopic (exact) mass is 542 g/mol. The van der Waals surface area contributed by atoms with Crippen LogP contribution in [-0.2, 0) is 9.53 Å². The Labute approximate surface area is 232 Å². The van der Waals surface area contributed by atoms with Gasteiger partial charge < -0.3 is 31.0 Å². The highest BCUT2D eigenvalue weighted by atomic mass is 16.5. The number of hydrazine groups is 1. The number of hydrogen-bond acceptors (Lipinski definition) is 10. The molecule has 0 bridgehead atoms. The van der Waals surface area contributed by atoms with Gasteiger partial charge in [0, 0.05) is 81.3 Å². The number of anilines is 2. The van der Waals surface area contributed by atoms with Gasteiger partial charge in [-0.15, -0.1) is 0 Å². The zero-order valence-corrected chi connectivity index (χ0v) is 22.5. The SMILES string of the molecule is CC(=O)N1CCN(c2nccc3ccc(-c4cc(/C(=C/N)N(N)C5CCOCC5)c5c(N)ncnn45)cc23)CC1. The fourth-order valence-corrected chi connectivity index (χ4v) is 5.74. The van der Waals surface area contributed by atoms with Crippen LogP contribution in [0.25, 0.3) is 33.2 Å². The molecule has 0 aliphatic carbocycles. The van der Waals surface area contributed by atoms with E-state index in [0.717, 1.165) is 59.3 Å². The van der Waals surface area contributed by atoms with E-state index in [4.69, 9.17) is 27.0 Å². The minimum absolute atomic E-state index is 0.0885. The van der Waals surface area contributed by atoms with Crippen LogP contribution in [0, 0.1) is 0 Å². The number of piperazine rings is 1. The summed E-state index contributed by atoms with van der Waals surface area (Å²) < 4.78 is 7.32. The minimum atomic E-state index is 0.0885. The quantitative estimate of drug-likeness (QED) is 0.251. The average Bonchev–Trinajstić information content (AvgIpc) is 3.38. The van der Waals surface area contributed by atoms with E-state index in [1.807, 2.05) is 23.2 Å². The van der Waals surface area contributed by atoms with Crippen LogP contribution in [0.15, 0.2) is 49.1 Å². The molecule has 1 aromatic carbocycles. The van der Waals surface area contributed by atoms with Crippen LogP contribution in [0.2, 0.25) is 0 Å². The van der Waals surface area contributed by atoms with Crippen molar-refractivity contribution in [2.75, 3.05) is 50.0 Å². The van der Waals surface area contributed by atoms with Gasteiger partial charge in [0.15, 0.2) is 5.82 Å². The number of amides is 1. The summed E-state index contributed by atoms with van der Waals surface area (Å²) in [6.07, 6.45) is 6.41. The molecule has 5 heterocycles. The van der Waals surface area contributed by atoms with Gasteiger partial charge in [-0.25, -0.2) is 20.3 Å². The lowest BCUT2D eigenvalue weighted by Crippen LogP contribution is -2.48. The normalized spacial score (nSPS) is 17.1. The molecule has 0 unspecified atom stereocenters. The summed E-state index contributed by atoms with van der Waals surface area (Å²) in [4.78, 5) is 24.9. The fourth-order valence-electron chi connectivity index (χ4n) is 5.74. The maximum Gasteiger partial charge on any atom is 0.219 e. The Morgan fingerprint density at radius 2 is 1.88 bits per heavy atom. The summed E-state index contributed by atoms with van der Waals surface area (Å²) in [6, 6.07) is 10.4. The van der Waals surface area contributed by atoms with E-state index in [2.05, 4.69) is 33.2 Å². The van der Waals surface area contributed by atoms with Crippen molar-refractivity contribution in [2.45, 2.75) is 25.8 Å². The summed E-state index contributed by atoms with van der Waals surface area (Å²) in [6.45, 7) is 5.71. The molecule has 40 heavy (non-hydrogen) atoms. The number of rotatable bonds is 5. The molecule has 0 atom stereocenters. The Bertz CT molecular complexity index is 1590. The zero-order valence-electron chi connectivity index (χ0n) is 22.5. The maximum absolute atomic E-state index is 11.8. The number of nitrogens with zero attached hydrogens (tertiary/aromatic N) is 7. The average molecular weight is 543 g/mol. The van der Waals surface area contributed by atoms with Gasteiger partial charge in [-0.2, -0.15) is 5.10 Å². The smallest absolute Gasteiger partial charge is 0.219 e. The van der Waals surface area contributed by atoms with Crippen LogP contribution in [0.3, 0.4) is 0 Å². The predicted molar refractivity (Wildman–Crippen MR) is 155 cm³/mol. The Hall–Kier alpha value is -4.42. The maximum atomic E-state index is 11.8. The van der Waals surface area contributed by atoms with Crippen LogP contribution in [-0.4, -0.2) is 80.8 Å². The molecular weight excluding hydrogens is 508 g/mol. The molecule has 4 aromatic rings. The van der Waals surface area contributed by atoms with Gasteiger partial charge in [0.2, 0.25) is 5.91 Å². The Balaban J connectivity index is 1.43. The van der Waals surface area contributed by atoms with E-state index in [1.165, 1.54) is 12.5 Å². The number of nitrogens with two attached hydrogens (primary N) is 3. The molecule has 3 aromatic heterocycles. The second-order valence-corrected chi connectivity index (χ2v) is 10.2. The molecule has 0 spiro atoms. The molecule has 2 aliphatic heterocycles. The van der Waals surface area contributed by atoms with Crippen molar-refractivity contribution < 1.29 is 9.53 Å². The van der Waals surface area contributed by atoms with Crippen molar-refractivity contribution in [2.24, 2.45) is 11.6 Å². The first-order valence-corrected chi connectivity index (χ1v) is 13.5. The van der Waals surface area contributed by atoms with E-state index < -0.39 is 0 Å². The third kappa shape index (κ3) is 4.54. The number of carbonyl (C=O) groups excluding carboxylic acids is 1. The Kier molecular flexibility index (Phi) is 6.86. The number of hydrogen-bond donors (Lipinski definition) is 3. The van der Waals surface area contributed by atoms with Gasteiger partial charge in [-0.05, 0) is 36.4 Å². The Morgan fingerprint density at radius 1 is 1.10 bits per heavy atom. The van der Waals surface area contributed by atoms with Crippen molar-refractivity contribution in [1.82, 2.24) is 29.5 Å². The minimum Gasteiger partial charge on any atom is -0.403 e. The van der Waals surface area contributed by atoms with Gasteiger partial charge in [0.25, 0.3) is 0 Å². The largest absolute Gasteiger partial charge is 0.403 e. The first-order valence-electron chi connectivity index (χ1n) is 13.5. The topological polar surface area (TPSA) is 157 Å². The molecule has 2 aliphatic rings. The molecular formula is C28H34N10O2. The van der Waals surface area contributed by atoms with Gasteiger partial charge in [-0.1, -0.05) is 12.1 Å². The molecule has 2 saturated heterocycles. The number of benzene rings is 1. The van der Waals surface area contributed by atoms with E-state index in [1.54, 1.807) is 16.4 Å². The van der Waals surface area contributed by atoms with Crippen LogP contribution in [0.4, 0.5) is 11.6 Å². The molecule has 2 fully saturated rings. The van der Waals surface area contributed by atoms with Gasteiger partial charge in [-0.3, -0.25) is 4.79 Å². The molecule has 0 saturated carbocycles.